The number of phenolic OH excluding ortho intramolecular Hbond substituents is 1. The average molecular weight is 275 g/mol. The van der Waals surface area contributed by atoms with Crippen molar-refractivity contribution in [1.82, 2.24) is 0 Å². The SMILES string of the molecule is CC(O)c1ccc(N2CCc3sccc3C2)cc1O. The maximum absolute atomic E-state index is 9.96. The van der Waals surface area contributed by atoms with Gasteiger partial charge in [-0.3, -0.25) is 0 Å². The smallest absolute Gasteiger partial charge is 0.123 e. The Morgan fingerprint density at radius 1 is 1.32 bits per heavy atom. The maximum atomic E-state index is 9.96. The van der Waals surface area contributed by atoms with Gasteiger partial charge in [0.15, 0.2) is 0 Å². The molecule has 0 spiro atoms. The van der Waals surface area contributed by atoms with E-state index in [1.54, 1.807) is 19.1 Å². The van der Waals surface area contributed by atoms with Gasteiger partial charge in [-0.2, -0.15) is 0 Å². The summed E-state index contributed by atoms with van der Waals surface area (Å²) < 4.78 is 0. The molecule has 2 aromatic rings. The number of phenols is 1. The molecule has 0 amide bonds. The molecule has 1 aliphatic rings. The largest absolute Gasteiger partial charge is 0.507 e. The zero-order valence-electron chi connectivity index (χ0n) is 10.8. The number of anilines is 1. The van der Waals surface area contributed by atoms with Crippen molar-refractivity contribution >= 4 is 17.0 Å². The predicted octanol–water partition coefficient (Wildman–Crippen LogP) is 3.07. The van der Waals surface area contributed by atoms with Crippen LogP contribution in [0.2, 0.25) is 0 Å². The number of rotatable bonds is 2. The van der Waals surface area contributed by atoms with Gasteiger partial charge < -0.3 is 15.1 Å². The van der Waals surface area contributed by atoms with Gasteiger partial charge in [0, 0.05) is 35.3 Å². The number of hydrogen-bond acceptors (Lipinski definition) is 4. The molecule has 3 rings (SSSR count). The molecule has 0 radical (unpaired) electrons. The van der Waals surface area contributed by atoms with Crippen LogP contribution in [0.5, 0.6) is 5.75 Å². The van der Waals surface area contributed by atoms with Crippen LogP contribution in [0.4, 0.5) is 5.69 Å². The van der Waals surface area contributed by atoms with Crippen LogP contribution in [0.15, 0.2) is 29.6 Å². The Kier molecular flexibility index (Phi) is 3.21. The molecule has 0 fully saturated rings. The minimum absolute atomic E-state index is 0.170. The molecule has 1 atom stereocenters. The van der Waals surface area contributed by atoms with Gasteiger partial charge in [-0.15, -0.1) is 11.3 Å². The van der Waals surface area contributed by atoms with Crippen molar-refractivity contribution in [3.8, 4) is 5.75 Å². The Bertz CT molecular complexity index is 592. The van der Waals surface area contributed by atoms with Gasteiger partial charge in [-0.25, -0.2) is 0 Å². The molecule has 2 N–H and O–H groups in total. The molecule has 100 valence electrons. The molecule has 3 nitrogen and oxygen atoms in total. The standard InChI is InChI=1S/C15H17NO2S/c1-10(17)13-3-2-12(8-14(13)18)16-6-4-15-11(9-16)5-7-19-15/h2-3,5,7-8,10,17-18H,4,6,9H2,1H3. The molecule has 1 unspecified atom stereocenters. The van der Waals surface area contributed by atoms with E-state index in [9.17, 15) is 10.2 Å². The highest BCUT2D eigenvalue weighted by molar-refractivity contribution is 7.10. The molecule has 1 aromatic heterocycles. The van der Waals surface area contributed by atoms with Gasteiger partial charge in [0.05, 0.1) is 6.10 Å². The Morgan fingerprint density at radius 3 is 2.89 bits per heavy atom. The number of hydrogen-bond donors (Lipinski definition) is 2. The number of benzene rings is 1. The van der Waals surface area contributed by atoms with Gasteiger partial charge in [-0.1, -0.05) is 6.07 Å². The second-order valence-corrected chi connectivity index (χ2v) is 5.96. The van der Waals surface area contributed by atoms with Crippen molar-refractivity contribution in [2.45, 2.75) is 26.0 Å². The predicted molar refractivity (Wildman–Crippen MR) is 77.8 cm³/mol. The Balaban J connectivity index is 1.86. The molecule has 2 heterocycles. The first-order valence-corrected chi connectivity index (χ1v) is 7.34. The van der Waals surface area contributed by atoms with Crippen molar-refractivity contribution < 1.29 is 10.2 Å². The zero-order valence-corrected chi connectivity index (χ0v) is 11.7. The molecular weight excluding hydrogens is 258 g/mol. The summed E-state index contributed by atoms with van der Waals surface area (Å²) in [7, 11) is 0. The van der Waals surface area contributed by atoms with Gasteiger partial charge in [-0.05, 0) is 36.4 Å². The van der Waals surface area contributed by atoms with Crippen LogP contribution in [0, 0.1) is 0 Å². The summed E-state index contributed by atoms with van der Waals surface area (Å²) in [6, 6.07) is 7.70. The quantitative estimate of drug-likeness (QED) is 0.885. The lowest BCUT2D eigenvalue weighted by atomic mass is 10.1. The molecule has 19 heavy (non-hydrogen) atoms. The number of fused-ring (bicyclic) bond motifs is 1. The third-order valence-corrected chi connectivity index (χ3v) is 4.66. The number of aliphatic hydroxyl groups is 1. The summed E-state index contributed by atoms with van der Waals surface area (Å²) in [6.45, 7) is 3.53. The first kappa shape index (κ1) is 12.5. The summed E-state index contributed by atoms with van der Waals surface area (Å²) in [6.07, 6.45) is 0.422. The summed E-state index contributed by atoms with van der Waals surface area (Å²) in [5.41, 5.74) is 2.98. The van der Waals surface area contributed by atoms with Gasteiger partial charge >= 0.3 is 0 Å². The van der Waals surface area contributed by atoms with Crippen LogP contribution in [-0.4, -0.2) is 16.8 Å². The minimum atomic E-state index is -0.640. The van der Waals surface area contributed by atoms with Gasteiger partial charge in [0.25, 0.3) is 0 Å². The first-order chi connectivity index (χ1) is 9.15. The average Bonchev–Trinajstić information content (AvgIpc) is 2.85. The second-order valence-electron chi connectivity index (χ2n) is 4.96. The molecule has 1 aromatic carbocycles. The van der Waals surface area contributed by atoms with Crippen LogP contribution in [0.25, 0.3) is 0 Å². The van der Waals surface area contributed by atoms with Crippen molar-refractivity contribution in [3.05, 3.63) is 45.6 Å². The normalized spacial score (nSPS) is 16.2. The molecule has 1 aliphatic heterocycles. The van der Waals surface area contributed by atoms with Crippen molar-refractivity contribution in [2.75, 3.05) is 11.4 Å². The van der Waals surface area contributed by atoms with E-state index >= 15 is 0 Å². The first-order valence-electron chi connectivity index (χ1n) is 6.46. The molecule has 0 bridgehead atoms. The van der Waals surface area contributed by atoms with E-state index in [-0.39, 0.29) is 5.75 Å². The number of nitrogens with zero attached hydrogens (tertiary/aromatic N) is 1. The number of aromatic hydroxyl groups is 1. The summed E-state index contributed by atoms with van der Waals surface area (Å²) >= 11 is 1.82. The fourth-order valence-electron chi connectivity index (χ4n) is 2.55. The molecule has 0 saturated carbocycles. The molecule has 0 saturated heterocycles. The highest BCUT2D eigenvalue weighted by Gasteiger charge is 2.18. The Morgan fingerprint density at radius 2 is 2.16 bits per heavy atom. The minimum Gasteiger partial charge on any atom is -0.507 e. The molecular formula is C15H17NO2S. The maximum Gasteiger partial charge on any atom is 0.123 e. The van der Waals surface area contributed by atoms with E-state index in [0.29, 0.717) is 5.56 Å². The monoisotopic (exact) mass is 275 g/mol. The molecule has 4 heteroatoms. The Hall–Kier alpha value is -1.52. The number of aliphatic hydroxyl groups excluding tert-OH is 1. The van der Waals surface area contributed by atoms with Crippen LogP contribution in [0.3, 0.4) is 0 Å². The molecule has 0 aliphatic carbocycles. The van der Waals surface area contributed by atoms with Crippen LogP contribution in [-0.2, 0) is 13.0 Å². The zero-order chi connectivity index (χ0) is 13.4. The van der Waals surface area contributed by atoms with Crippen molar-refractivity contribution in [1.29, 1.82) is 0 Å². The van der Waals surface area contributed by atoms with Crippen LogP contribution < -0.4 is 4.90 Å². The summed E-state index contributed by atoms with van der Waals surface area (Å²) in [4.78, 5) is 3.74. The van der Waals surface area contributed by atoms with Crippen LogP contribution in [0.1, 0.15) is 29.0 Å². The third-order valence-electron chi connectivity index (χ3n) is 3.64. The highest BCUT2D eigenvalue weighted by Crippen LogP contribution is 2.32. The number of thiophene rings is 1. The van der Waals surface area contributed by atoms with Crippen molar-refractivity contribution in [2.24, 2.45) is 0 Å². The summed E-state index contributed by atoms with van der Waals surface area (Å²) in [5.74, 6) is 0.170. The Labute approximate surface area is 116 Å². The highest BCUT2D eigenvalue weighted by atomic mass is 32.1. The fraction of sp³-hybridized carbons (Fsp3) is 0.333. The third kappa shape index (κ3) is 2.33. The van der Waals surface area contributed by atoms with Gasteiger partial charge in [0.1, 0.15) is 5.75 Å². The summed E-state index contributed by atoms with van der Waals surface area (Å²) in [5, 5.41) is 21.6. The van der Waals surface area contributed by atoms with E-state index in [0.717, 1.165) is 25.2 Å². The van der Waals surface area contributed by atoms with E-state index in [2.05, 4.69) is 16.3 Å². The van der Waals surface area contributed by atoms with E-state index in [4.69, 9.17) is 0 Å². The van der Waals surface area contributed by atoms with Crippen molar-refractivity contribution in [3.63, 3.8) is 0 Å². The van der Waals surface area contributed by atoms with E-state index in [1.807, 2.05) is 17.4 Å². The van der Waals surface area contributed by atoms with Crippen LogP contribution >= 0.6 is 11.3 Å². The fourth-order valence-corrected chi connectivity index (χ4v) is 3.44. The topological polar surface area (TPSA) is 43.7 Å². The lowest BCUT2D eigenvalue weighted by Crippen LogP contribution is -2.29. The lowest BCUT2D eigenvalue weighted by Gasteiger charge is -2.29. The second kappa shape index (κ2) is 4.87. The van der Waals surface area contributed by atoms with E-state index < -0.39 is 6.10 Å². The van der Waals surface area contributed by atoms with Gasteiger partial charge in [0.2, 0.25) is 0 Å². The van der Waals surface area contributed by atoms with E-state index in [1.165, 1.54) is 10.4 Å². The lowest BCUT2D eigenvalue weighted by molar-refractivity contribution is 0.195.